The Morgan fingerprint density at radius 1 is 1.34 bits per heavy atom. The molecule has 8 heteroatoms. The van der Waals surface area contributed by atoms with Crippen LogP contribution in [-0.2, 0) is 17.6 Å². The quantitative estimate of drug-likeness (QED) is 0.433. The van der Waals surface area contributed by atoms with Crippen LogP contribution in [0.4, 0.5) is 5.00 Å². The first-order chi connectivity index (χ1) is 15.4. The fraction of sp³-hybridized carbons (Fsp3) is 0.417. The number of carbonyl (C=O) groups is 1. The largest absolute Gasteiger partial charge is 0.411 e. The highest BCUT2D eigenvalue weighted by Crippen LogP contribution is 2.45. The summed E-state index contributed by atoms with van der Waals surface area (Å²) in [5.41, 5.74) is 2.86. The number of nitrogens with zero attached hydrogens (tertiary/aromatic N) is 3. The summed E-state index contributed by atoms with van der Waals surface area (Å²) in [6, 6.07) is 11.8. The van der Waals surface area contributed by atoms with Crippen LogP contribution in [0.5, 0.6) is 0 Å². The van der Waals surface area contributed by atoms with E-state index in [1.54, 1.807) is 11.3 Å². The van der Waals surface area contributed by atoms with E-state index in [9.17, 15) is 10.1 Å². The van der Waals surface area contributed by atoms with Gasteiger partial charge in [-0.15, -0.1) is 21.5 Å². The summed E-state index contributed by atoms with van der Waals surface area (Å²) in [4.78, 5) is 13.8. The van der Waals surface area contributed by atoms with Crippen molar-refractivity contribution in [2.75, 3.05) is 11.1 Å². The van der Waals surface area contributed by atoms with Crippen molar-refractivity contribution in [3.63, 3.8) is 0 Å². The monoisotopic (exact) mass is 466 g/mol. The smallest absolute Gasteiger partial charge is 0.277 e. The van der Waals surface area contributed by atoms with E-state index >= 15 is 0 Å². The third kappa shape index (κ3) is 4.74. The molecule has 0 saturated carbocycles. The maximum atomic E-state index is 12.6. The van der Waals surface area contributed by atoms with Gasteiger partial charge in [0.1, 0.15) is 11.1 Å². The fourth-order valence-electron chi connectivity index (χ4n) is 4.00. The molecule has 1 amide bonds. The Kier molecular flexibility index (Phi) is 6.68. The predicted molar refractivity (Wildman–Crippen MR) is 128 cm³/mol. The number of nitriles is 1. The predicted octanol–water partition coefficient (Wildman–Crippen LogP) is 5.94. The highest BCUT2D eigenvalue weighted by molar-refractivity contribution is 7.99. The molecule has 0 spiro atoms. The molecule has 1 aliphatic rings. The molecule has 1 atom stereocenters. The molecule has 3 aromatic rings. The molecule has 166 valence electrons. The zero-order valence-electron chi connectivity index (χ0n) is 18.5. The van der Waals surface area contributed by atoms with Crippen molar-refractivity contribution in [3.05, 3.63) is 46.3 Å². The topological polar surface area (TPSA) is 91.8 Å². The van der Waals surface area contributed by atoms with E-state index in [1.165, 1.54) is 16.6 Å². The van der Waals surface area contributed by atoms with Crippen molar-refractivity contribution in [1.29, 1.82) is 5.26 Å². The van der Waals surface area contributed by atoms with E-state index in [-0.39, 0.29) is 17.1 Å². The summed E-state index contributed by atoms with van der Waals surface area (Å²) in [6.45, 7) is 6.88. The second kappa shape index (κ2) is 9.47. The van der Waals surface area contributed by atoms with Gasteiger partial charge in [-0.3, -0.25) is 4.79 Å². The van der Waals surface area contributed by atoms with Crippen LogP contribution < -0.4 is 5.32 Å². The Hall–Kier alpha value is -2.63. The Labute approximate surface area is 196 Å². The van der Waals surface area contributed by atoms with Gasteiger partial charge in [-0.1, -0.05) is 57.2 Å². The van der Waals surface area contributed by atoms with E-state index in [4.69, 9.17) is 4.42 Å². The first-order valence-corrected chi connectivity index (χ1v) is 12.6. The van der Waals surface area contributed by atoms with Crippen molar-refractivity contribution < 1.29 is 9.21 Å². The minimum atomic E-state index is -0.185. The molecule has 32 heavy (non-hydrogen) atoms. The molecular formula is C24H26N4O2S2. The molecule has 2 aromatic heterocycles. The molecule has 1 aliphatic carbocycles. The summed E-state index contributed by atoms with van der Waals surface area (Å²) in [7, 11) is 0. The molecule has 0 radical (unpaired) electrons. The normalized spacial score (nSPS) is 15.8. The first kappa shape index (κ1) is 22.6. The van der Waals surface area contributed by atoms with Crippen molar-refractivity contribution in [2.45, 2.75) is 51.7 Å². The van der Waals surface area contributed by atoms with Crippen LogP contribution in [0.3, 0.4) is 0 Å². The number of benzene rings is 1. The van der Waals surface area contributed by atoms with Gasteiger partial charge in [0.15, 0.2) is 0 Å². The van der Waals surface area contributed by atoms with Gasteiger partial charge in [-0.25, -0.2) is 0 Å². The molecule has 0 unspecified atom stereocenters. The lowest BCUT2D eigenvalue weighted by molar-refractivity contribution is -0.113. The van der Waals surface area contributed by atoms with Gasteiger partial charge in [0, 0.05) is 10.4 Å². The number of aromatic nitrogens is 2. The summed E-state index contributed by atoms with van der Waals surface area (Å²) >= 11 is 2.74. The summed E-state index contributed by atoms with van der Waals surface area (Å²) in [5, 5.41) is 21.7. The minimum absolute atomic E-state index is 0.134. The maximum Gasteiger partial charge on any atom is 0.277 e. The Bertz CT molecular complexity index is 1140. The van der Waals surface area contributed by atoms with Crippen LogP contribution in [0.1, 0.15) is 49.6 Å². The zero-order valence-corrected chi connectivity index (χ0v) is 20.1. The maximum absolute atomic E-state index is 12.6. The number of hydrogen-bond acceptors (Lipinski definition) is 7. The van der Waals surface area contributed by atoms with Gasteiger partial charge in [0.05, 0.1) is 11.3 Å². The summed E-state index contributed by atoms with van der Waals surface area (Å²) in [6.07, 6.45) is 4.09. The van der Waals surface area contributed by atoms with Crippen molar-refractivity contribution in [1.82, 2.24) is 10.2 Å². The number of thiophene rings is 1. The van der Waals surface area contributed by atoms with Crippen LogP contribution in [0, 0.1) is 22.7 Å². The van der Waals surface area contributed by atoms with Gasteiger partial charge < -0.3 is 9.73 Å². The molecule has 0 aliphatic heterocycles. The second-order valence-electron chi connectivity index (χ2n) is 8.68. The van der Waals surface area contributed by atoms with Crippen molar-refractivity contribution >= 4 is 34.0 Å². The van der Waals surface area contributed by atoms with E-state index in [0.29, 0.717) is 27.6 Å². The number of rotatable bonds is 7. The van der Waals surface area contributed by atoms with Crippen LogP contribution >= 0.6 is 23.1 Å². The average molecular weight is 467 g/mol. The van der Waals surface area contributed by atoms with E-state index < -0.39 is 0 Å². The van der Waals surface area contributed by atoms with Crippen molar-refractivity contribution in [2.24, 2.45) is 11.3 Å². The molecule has 6 nitrogen and oxygen atoms in total. The van der Waals surface area contributed by atoms with E-state index in [1.807, 2.05) is 30.3 Å². The lowest BCUT2D eigenvalue weighted by atomic mass is 9.69. The molecule has 4 rings (SSSR count). The summed E-state index contributed by atoms with van der Waals surface area (Å²) < 4.78 is 5.65. The van der Waals surface area contributed by atoms with Crippen molar-refractivity contribution in [3.8, 4) is 17.5 Å². The lowest BCUT2D eigenvalue weighted by Gasteiger charge is -2.36. The Morgan fingerprint density at radius 3 is 2.84 bits per heavy atom. The SMILES string of the molecule is CCC(C)(C)[C@H]1CCc2c(sc(NC(=O)CSc3nnc(-c4ccccc4)o3)c2C#N)C1. The number of thioether (sulfide) groups is 1. The van der Waals surface area contributed by atoms with Crippen LogP contribution in [0.2, 0.25) is 0 Å². The van der Waals surface area contributed by atoms with E-state index in [2.05, 4.69) is 42.4 Å². The standard InChI is InChI=1S/C24H26N4O2S2/c1-4-24(2,3)16-10-11-17-18(13-25)22(32-19(17)12-16)26-20(29)14-31-23-28-27-21(30-23)15-8-6-5-7-9-15/h5-9,16H,4,10-12,14H2,1-3H3,(H,26,29)/t16-/m0/s1. The number of carbonyl (C=O) groups excluding carboxylic acids is 1. The minimum Gasteiger partial charge on any atom is -0.411 e. The molecule has 1 aromatic carbocycles. The fourth-order valence-corrected chi connectivity index (χ4v) is 5.86. The molecule has 2 heterocycles. The molecule has 0 fully saturated rings. The van der Waals surface area contributed by atoms with Gasteiger partial charge in [-0.05, 0) is 48.3 Å². The van der Waals surface area contributed by atoms with Gasteiger partial charge in [0.2, 0.25) is 11.8 Å². The van der Waals surface area contributed by atoms with Gasteiger partial charge >= 0.3 is 0 Å². The second-order valence-corrected chi connectivity index (χ2v) is 10.7. The number of hydrogen-bond donors (Lipinski definition) is 1. The highest BCUT2D eigenvalue weighted by Gasteiger charge is 2.34. The Balaban J connectivity index is 1.40. The van der Waals surface area contributed by atoms with Crippen LogP contribution in [-0.4, -0.2) is 21.9 Å². The lowest BCUT2D eigenvalue weighted by Crippen LogP contribution is -2.28. The molecule has 1 N–H and O–H groups in total. The zero-order chi connectivity index (χ0) is 22.7. The number of fused-ring (bicyclic) bond motifs is 1. The number of nitrogens with one attached hydrogen (secondary N) is 1. The van der Waals surface area contributed by atoms with E-state index in [0.717, 1.165) is 36.8 Å². The average Bonchev–Trinajstić information content (AvgIpc) is 3.42. The molecule has 0 saturated heterocycles. The van der Waals surface area contributed by atoms with Gasteiger partial charge in [0.25, 0.3) is 5.22 Å². The van der Waals surface area contributed by atoms with Crippen LogP contribution in [0.25, 0.3) is 11.5 Å². The first-order valence-electron chi connectivity index (χ1n) is 10.8. The highest BCUT2D eigenvalue weighted by atomic mass is 32.2. The number of amides is 1. The third-order valence-electron chi connectivity index (χ3n) is 6.40. The summed E-state index contributed by atoms with van der Waals surface area (Å²) in [5.74, 6) is 0.974. The van der Waals surface area contributed by atoms with Crippen LogP contribution in [0.15, 0.2) is 40.0 Å². The van der Waals surface area contributed by atoms with Gasteiger partial charge in [-0.2, -0.15) is 5.26 Å². The molecule has 0 bridgehead atoms. The number of anilines is 1. The Morgan fingerprint density at radius 2 is 2.12 bits per heavy atom. The third-order valence-corrected chi connectivity index (χ3v) is 8.39. The molecular weight excluding hydrogens is 440 g/mol.